The molecule has 2 fully saturated rings. The van der Waals surface area contributed by atoms with Crippen LogP contribution in [0.2, 0.25) is 0 Å². The maximum Gasteiger partial charge on any atom is 0.138 e. The molecule has 0 aromatic heterocycles. The van der Waals surface area contributed by atoms with Crippen LogP contribution in [0.15, 0.2) is 0 Å². The van der Waals surface area contributed by atoms with Crippen LogP contribution in [0, 0.1) is 11.8 Å². The molecule has 12 heavy (non-hydrogen) atoms. The predicted octanol–water partition coefficient (Wildman–Crippen LogP) is 1.78. The molecule has 2 nitrogen and oxygen atoms in total. The molecule has 0 N–H and O–H groups in total. The summed E-state index contributed by atoms with van der Waals surface area (Å²) in [5, 5.41) is 0. The first-order chi connectivity index (χ1) is 5.62. The summed E-state index contributed by atoms with van der Waals surface area (Å²) in [7, 11) is 0. The Morgan fingerprint density at radius 1 is 1.58 bits per heavy atom. The Morgan fingerprint density at radius 3 is 2.75 bits per heavy atom. The molecule has 1 saturated carbocycles. The van der Waals surface area contributed by atoms with E-state index in [0.717, 1.165) is 5.92 Å². The van der Waals surface area contributed by atoms with E-state index in [1.165, 1.54) is 6.42 Å². The van der Waals surface area contributed by atoms with Crippen LogP contribution in [0.1, 0.15) is 33.1 Å². The first-order valence-corrected chi connectivity index (χ1v) is 4.77. The Hall–Kier alpha value is -0.370. The van der Waals surface area contributed by atoms with Crippen molar-refractivity contribution < 1.29 is 9.53 Å². The lowest BCUT2D eigenvalue weighted by molar-refractivity contribution is -0.140. The van der Waals surface area contributed by atoms with Gasteiger partial charge in [-0.1, -0.05) is 6.92 Å². The molecule has 1 heterocycles. The highest BCUT2D eigenvalue weighted by molar-refractivity contribution is 5.80. The van der Waals surface area contributed by atoms with Crippen LogP contribution in [0.25, 0.3) is 0 Å². The summed E-state index contributed by atoms with van der Waals surface area (Å²) in [6, 6.07) is 0. The molecule has 1 saturated heterocycles. The highest BCUT2D eigenvalue weighted by atomic mass is 16.5. The van der Waals surface area contributed by atoms with Gasteiger partial charge in [-0.15, -0.1) is 0 Å². The Bertz CT molecular complexity index is 212. The largest absolute Gasteiger partial charge is 0.374 e. The van der Waals surface area contributed by atoms with E-state index in [-0.39, 0.29) is 5.60 Å². The van der Waals surface area contributed by atoms with Crippen molar-refractivity contribution in [2.75, 3.05) is 6.61 Å². The zero-order valence-corrected chi connectivity index (χ0v) is 7.80. The number of hydrogen-bond acceptors (Lipinski definition) is 2. The third kappa shape index (κ3) is 1.28. The second-order valence-electron chi connectivity index (χ2n) is 4.45. The van der Waals surface area contributed by atoms with Crippen molar-refractivity contribution in [2.45, 2.75) is 38.7 Å². The Morgan fingerprint density at radius 2 is 2.25 bits per heavy atom. The fraction of sp³-hybridized carbons (Fsp3) is 0.900. The van der Waals surface area contributed by atoms with E-state index in [1.807, 2.05) is 0 Å². The highest BCUT2D eigenvalue weighted by Gasteiger charge is 2.50. The second kappa shape index (κ2) is 2.56. The van der Waals surface area contributed by atoms with Gasteiger partial charge in [0.25, 0.3) is 0 Å². The molecule has 0 aromatic rings. The topological polar surface area (TPSA) is 26.3 Å². The Kier molecular flexibility index (Phi) is 1.76. The zero-order chi connectivity index (χ0) is 8.77. The molecule has 0 bridgehead atoms. The molecule has 0 aromatic carbocycles. The van der Waals surface area contributed by atoms with Crippen LogP contribution in [-0.2, 0) is 9.53 Å². The van der Waals surface area contributed by atoms with Gasteiger partial charge < -0.3 is 4.74 Å². The molecule has 2 rings (SSSR count). The minimum absolute atomic E-state index is 0.116. The first kappa shape index (κ1) is 8.24. The smallest absolute Gasteiger partial charge is 0.138 e. The van der Waals surface area contributed by atoms with Gasteiger partial charge in [-0.05, 0) is 25.2 Å². The monoisotopic (exact) mass is 168 g/mol. The molecule has 0 amide bonds. The van der Waals surface area contributed by atoms with Crippen LogP contribution in [-0.4, -0.2) is 18.0 Å². The van der Waals surface area contributed by atoms with Gasteiger partial charge in [0.1, 0.15) is 5.78 Å². The van der Waals surface area contributed by atoms with Gasteiger partial charge in [-0.25, -0.2) is 0 Å². The number of carbonyl (C=O) groups is 1. The van der Waals surface area contributed by atoms with Gasteiger partial charge in [-0.3, -0.25) is 4.79 Å². The highest BCUT2D eigenvalue weighted by Crippen LogP contribution is 2.50. The quantitative estimate of drug-likeness (QED) is 0.596. The molecular formula is C10H16O2. The summed E-state index contributed by atoms with van der Waals surface area (Å²) in [6.45, 7) is 4.97. The molecule has 3 unspecified atom stereocenters. The standard InChI is InChI=1S/C10H16O2/c1-7-5-9(7)10(2)6-8(11)3-4-12-10/h7,9H,3-6H2,1-2H3. The van der Waals surface area contributed by atoms with Gasteiger partial charge in [-0.2, -0.15) is 0 Å². The van der Waals surface area contributed by atoms with Crippen molar-refractivity contribution in [3.05, 3.63) is 0 Å². The molecular weight excluding hydrogens is 152 g/mol. The van der Waals surface area contributed by atoms with E-state index in [1.54, 1.807) is 0 Å². The number of hydrogen-bond donors (Lipinski definition) is 0. The second-order valence-corrected chi connectivity index (χ2v) is 4.45. The maximum absolute atomic E-state index is 11.2. The van der Waals surface area contributed by atoms with E-state index < -0.39 is 0 Å². The first-order valence-electron chi connectivity index (χ1n) is 4.77. The van der Waals surface area contributed by atoms with Crippen LogP contribution in [0.3, 0.4) is 0 Å². The Balaban J connectivity index is 2.04. The van der Waals surface area contributed by atoms with Gasteiger partial charge in [0.15, 0.2) is 0 Å². The number of Topliss-reactive ketones (excluding diaryl/α,β-unsaturated/α-hetero) is 1. The molecule has 1 aliphatic carbocycles. The fourth-order valence-electron chi connectivity index (χ4n) is 2.34. The van der Waals surface area contributed by atoms with Gasteiger partial charge in [0.2, 0.25) is 0 Å². The predicted molar refractivity (Wildman–Crippen MR) is 45.9 cm³/mol. The molecule has 1 aliphatic heterocycles. The fourth-order valence-corrected chi connectivity index (χ4v) is 2.34. The minimum Gasteiger partial charge on any atom is -0.374 e. The third-order valence-electron chi connectivity index (χ3n) is 3.25. The summed E-state index contributed by atoms with van der Waals surface area (Å²) in [5.74, 6) is 1.78. The van der Waals surface area contributed by atoms with Crippen molar-refractivity contribution >= 4 is 5.78 Å². The number of ether oxygens (including phenoxy) is 1. The average molecular weight is 168 g/mol. The number of carbonyl (C=O) groups excluding carboxylic acids is 1. The van der Waals surface area contributed by atoms with E-state index in [0.29, 0.717) is 31.1 Å². The summed E-state index contributed by atoms with van der Waals surface area (Å²) >= 11 is 0. The lowest BCUT2D eigenvalue weighted by Gasteiger charge is -2.33. The minimum atomic E-state index is -0.116. The molecule has 2 heteroatoms. The third-order valence-corrected chi connectivity index (χ3v) is 3.25. The lowest BCUT2D eigenvalue weighted by atomic mass is 9.89. The zero-order valence-electron chi connectivity index (χ0n) is 7.80. The molecule has 2 aliphatic rings. The van der Waals surface area contributed by atoms with E-state index >= 15 is 0 Å². The van der Waals surface area contributed by atoms with Crippen molar-refractivity contribution in [3.8, 4) is 0 Å². The summed E-state index contributed by atoms with van der Waals surface area (Å²) < 4.78 is 5.71. The molecule has 68 valence electrons. The number of ketones is 1. The number of rotatable bonds is 1. The van der Waals surface area contributed by atoms with Crippen LogP contribution in [0.4, 0.5) is 0 Å². The summed E-state index contributed by atoms with van der Waals surface area (Å²) in [6.07, 6.45) is 2.50. The van der Waals surface area contributed by atoms with Crippen LogP contribution < -0.4 is 0 Å². The SMILES string of the molecule is CC1CC1C1(C)CC(=O)CCO1. The lowest BCUT2D eigenvalue weighted by Crippen LogP contribution is -2.39. The van der Waals surface area contributed by atoms with Gasteiger partial charge >= 0.3 is 0 Å². The maximum atomic E-state index is 11.2. The van der Waals surface area contributed by atoms with Crippen molar-refractivity contribution in [1.82, 2.24) is 0 Å². The molecule has 0 spiro atoms. The van der Waals surface area contributed by atoms with Gasteiger partial charge in [0.05, 0.1) is 12.2 Å². The van der Waals surface area contributed by atoms with Gasteiger partial charge in [0, 0.05) is 12.8 Å². The van der Waals surface area contributed by atoms with Crippen molar-refractivity contribution in [1.29, 1.82) is 0 Å². The van der Waals surface area contributed by atoms with Crippen molar-refractivity contribution in [2.24, 2.45) is 11.8 Å². The molecule has 0 radical (unpaired) electrons. The summed E-state index contributed by atoms with van der Waals surface area (Å²) in [4.78, 5) is 11.2. The van der Waals surface area contributed by atoms with E-state index in [2.05, 4.69) is 13.8 Å². The molecule has 3 atom stereocenters. The average Bonchev–Trinajstić information content (AvgIpc) is 2.66. The van der Waals surface area contributed by atoms with E-state index in [4.69, 9.17) is 4.74 Å². The normalized spacial score (nSPS) is 47.7. The van der Waals surface area contributed by atoms with Crippen LogP contribution >= 0.6 is 0 Å². The summed E-state index contributed by atoms with van der Waals surface area (Å²) in [5.41, 5.74) is -0.116. The van der Waals surface area contributed by atoms with Crippen LogP contribution in [0.5, 0.6) is 0 Å². The van der Waals surface area contributed by atoms with E-state index in [9.17, 15) is 4.79 Å². The van der Waals surface area contributed by atoms with Crippen molar-refractivity contribution in [3.63, 3.8) is 0 Å². The Labute approximate surface area is 73.3 Å².